The molecule has 1 rings (SSSR count). The molecule has 0 atom stereocenters. The lowest BCUT2D eigenvalue weighted by molar-refractivity contribution is 0.100. The Morgan fingerprint density at radius 1 is 1.50 bits per heavy atom. The van der Waals surface area contributed by atoms with Crippen molar-refractivity contribution in [1.82, 2.24) is 0 Å². The van der Waals surface area contributed by atoms with Crippen LogP contribution in [0.5, 0.6) is 5.75 Å². The van der Waals surface area contributed by atoms with E-state index in [0.29, 0.717) is 12.4 Å². The SMILES string of the molecule is CCCOc1cccc(F)c1C(C)=O. The van der Waals surface area contributed by atoms with E-state index in [2.05, 4.69) is 0 Å². The summed E-state index contributed by atoms with van der Waals surface area (Å²) in [6.45, 7) is 3.77. The first kappa shape index (κ1) is 10.7. The Labute approximate surface area is 82.7 Å². The first-order chi connectivity index (χ1) is 6.66. The van der Waals surface area contributed by atoms with E-state index < -0.39 is 5.82 Å². The van der Waals surface area contributed by atoms with E-state index in [1.54, 1.807) is 6.07 Å². The van der Waals surface area contributed by atoms with Gasteiger partial charge in [-0.05, 0) is 25.5 Å². The van der Waals surface area contributed by atoms with E-state index in [1.807, 2.05) is 6.92 Å². The van der Waals surface area contributed by atoms with Gasteiger partial charge in [0.2, 0.25) is 0 Å². The number of ether oxygens (including phenoxy) is 1. The lowest BCUT2D eigenvalue weighted by atomic mass is 10.1. The molecule has 0 amide bonds. The van der Waals surface area contributed by atoms with Gasteiger partial charge in [-0.1, -0.05) is 13.0 Å². The van der Waals surface area contributed by atoms with Crippen LogP contribution in [0.1, 0.15) is 30.6 Å². The molecule has 0 aliphatic carbocycles. The second kappa shape index (κ2) is 4.74. The predicted molar refractivity (Wildman–Crippen MR) is 52.2 cm³/mol. The van der Waals surface area contributed by atoms with Crippen LogP contribution in [0, 0.1) is 5.82 Å². The number of hydrogen-bond donors (Lipinski definition) is 0. The molecule has 0 bridgehead atoms. The number of benzene rings is 1. The van der Waals surface area contributed by atoms with Crippen molar-refractivity contribution in [3.8, 4) is 5.75 Å². The Kier molecular flexibility index (Phi) is 3.63. The van der Waals surface area contributed by atoms with Crippen molar-refractivity contribution in [3.05, 3.63) is 29.6 Å². The molecule has 0 saturated carbocycles. The van der Waals surface area contributed by atoms with Crippen LogP contribution >= 0.6 is 0 Å². The van der Waals surface area contributed by atoms with Crippen LogP contribution in [0.3, 0.4) is 0 Å². The third kappa shape index (κ3) is 2.31. The molecule has 1 aromatic carbocycles. The summed E-state index contributed by atoms with van der Waals surface area (Å²) in [6.07, 6.45) is 0.827. The molecule has 0 fully saturated rings. The quantitative estimate of drug-likeness (QED) is 0.692. The second-order valence-corrected chi connectivity index (χ2v) is 3.02. The fraction of sp³-hybridized carbons (Fsp3) is 0.364. The smallest absolute Gasteiger partial charge is 0.166 e. The Morgan fingerprint density at radius 2 is 2.21 bits per heavy atom. The average Bonchev–Trinajstić information content (AvgIpc) is 2.14. The molecule has 0 aromatic heterocycles. The standard InChI is InChI=1S/C11H13FO2/c1-3-7-14-10-6-4-5-9(12)11(10)8(2)13/h4-6H,3,7H2,1-2H3. The zero-order valence-corrected chi connectivity index (χ0v) is 8.34. The molecule has 0 heterocycles. The summed E-state index contributed by atoms with van der Waals surface area (Å²) in [7, 11) is 0. The van der Waals surface area contributed by atoms with E-state index in [-0.39, 0.29) is 11.3 Å². The van der Waals surface area contributed by atoms with Crippen molar-refractivity contribution in [1.29, 1.82) is 0 Å². The van der Waals surface area contributed by atoms with Crippen LogP contribution < -0.4 is 4.74 Å². The maximum atomic E-state index is 13.2. The second-order valence-electron chi connectivity index (χ2n) is 3.02. The van der Waals surface area contributed by atoms with Crippen LogP contribution in [-0.4, -0.2) is 12.4 Å². The van der Waals surface area contributed by atoms with Crippen molar-refractivity contribution in [2.24, 2.45) is 0 Å². The van der Waals surface area contributed by atoms with Crippen LogP contribution in [-0.2, 0) is 0 Å². The lowest BCUT2D eigenvalue weighted by Crippen LogP contribution is -2.04. The predicted octanol–water partition coefficient (Wildman–Crippen LogP) is 2.82. The topological polar surface area (TPSA) is 26.3 Å². The maximum absolute atomic E-state index is 13.2. The molecule has 0 radical (unpaired) electrons. The summed E-state index contributed by atoms with van der Waals surface area (Å²) in [5.74, 6) is -0.500. The minimum Gasteiger partial charge on any atom is -0.493 e. The highest BCUT2D eigenvalue weighted by Gasteiger charge is 2.13. The van der Waals surface area contributed by atoms with Gasteiger partial charge in [-0.2, -0.15) is 0 Å². The van der Waals surface area contributed by atoms with E-state index in [9.17, 15) is 9.18 Å². The molecule has 1 aromatic rings. The molecule has 0 aliphatic heterocycles. The summed E-state index contributed by atoms with van der Waals surface area (Å²) < 4.78 is 18.5. The Bertz CT molecular complexity index is 334. The summed E-state index contributed by atoms with van der Waals surface area (Å²) in [5.41, 5.74) is 0.0425. The molecular formula is C11H13FO2. The summed E-state index contributed by atoms with van der Waals surface area (Å²) in [4.78, 5) is 11.1. The Balaban J connectivity index is 3.02. The van der Waals surface area contributed by atoms with E-state index in [0.717, 1.165) is 6.42 Å². The molecule has 0 aliphatic rings. The average molecular weight is 196 g/mol. The third-order valence-electron chi connectivity index (χ3n) is 1.79. The monoisotopic (exact) mass is 196 g/mol. The highest BCUT2D eigenvalue weighted by Crippen LogP contribution is 2.21. The van der Waals surface area contributed by atoms with Gasteiger partial charge in [-0.15, -0.1) is 0 Å². The minimum atomic E-state index is -0.522. The normalized spacial score (nSPS) is 9.93. The molecule has 2 nitrogen and oxygen atoms in total. The number of carbonyl (C=O) groups excluding carboxylic acids is 1. The number of Topliss-reactive ketones (excluding diaryl/α,β-unsaturated/α-hetero) is 1. The first-order valence-corrected chi connectivity index (χ1v) is 4.59. The number of ketones is 1. The molecule has 0 saturated heterocycles. The Hall–Kier alpha value is -1.38. The van der Waals surface area contributed by atoms with Gasteiger partial charge in [-0.3, -0.25) is 4.79 Å². The van der Waals surface area contributed by atoms with Gasteiger partial charge in [0.1, 0.15) is 11.6 Å². The summed E-state index contributed by atoms with van der Waals surface area (Å²) in [5, 5.41) is 0. The largest absolute Gasteiger partial charge is 0.493 e. The molecule has 76 valence electrons. The first-order valence-electron chi connectivity index (χ1n) is 4.59. The van der Waals surface area contributed by atoms with Crippen molar-refractivity contribution in [3.63, 3.8) is 0 Å². The summed E-state index contributed by atoms with van der Waals surface area (Å²) >= 11 is 0. The highest BCUT2D eigenvalue weighted by atomic mass is 19.1. The van der Waals surface area contributed by atoms with Gasteiger partial charge < -0.3 is 4.74 Å². The number of rotatable bonds is 4. The van der Waals surface area contributed by atoms with Gasteiger partial charge in [0.25, 0.3) is 0 Å². The van der Waals surface area contributed by atoms with Crippen molar-refractivity contribution in [2.75, 3.05) is 6.61 Å². The third-order valence-corrected chi connectivity index (χ3v) is 1.79. The van der Waals surface area contributed by atoms with Crippen molar-refractivity contribution < 1.29 is 13.9 Å². The van der Waals surface area contributed by atoms with Crippen LogP contribution in [0.2, 0.25) is 0 Å². The maximum Gasteiger partial charge on any atom is 0.166 e. The fourth-order valence-electron chi connectivity index (χ4n) is 1.18. The van der Waals surface area contributed by atoms with Crippen molar-refractivity contribution in [2.45, 2.75) is 20.3 Å². The number of carbonyl (C=O) groups is 1. The minimum absolute atomic E-state index is 0.0425. The van der Waals surface area contributed by atoms with Gasteiger partial charge in [0.05, 0.1) is 12.2 Å². The van der Waals surface area contributed by atoms with Crippen molar-refractivity contribution >= 4 is 5.78 Å². The zero-order valence-electron chi connectivity index (χ0n) is 8.34. The summed E-state index contributed by atoms with van der Waals surface area (Å²) in [6, 6.07) is 4.40. The molecular weight excluding hydrogens is 183 g/mol. The Morgan fingerprint density at radius 3 is 2.79 bits per heavy atom. The van der Waals surface area contributed by atoms with E-state index >= 15 is 0 Å². The molecule has 14 heavy (non-hydrogen) atoms. The molecule has 0 N–H and O–H groups in total. The van der Waals surface area contributed by atoms with E-state index in [4.69, 9.17) is 4.74 Å². The number of halogens is 1. The van der Waals surface area contributed by atoms with Gasteiger partial charge >= 0.3 is 0 Å². The van der Waals surface area contributed by atoms with Gasteiger partial charge in [0, 0.05) is 0 Å². The van der Waals surface area contributed by atoms with Crippen LogP contribution in [0.4, 0.5) is 4.39 Å². The van der Waals surface area contributed by atoms with Crippen LogP contribution in [0.25, 0.3) is 0 Å². The van der Waals surface area contributed by atoms with Gasteiger partial charge in [-0.25, -0.2) is 4.39 Å². The fourth-order valence-corrected chi connectivity index (χ4v) is 1.18. The van der Waals surface area contributed by atoms with E-state index in [1.165, 1.54) is 19.1 Å². The lowest BCUT2D eigenvalue weighted by Gasteiger charge is -2.08. The molecule has 0 spiro atoms. The number of hydrogen-bond acceptors (Lipinski definition) is 2. The molecule has 0 unspecified atom stereocenters. The zero-order chi connectivity index (χ0) is 10.6. The van der Waals surface area contributed by atoms with Gasteiger partial charge in [0.15, 0.2) is 5.78 Å². The highest BCUT2D eigenvalue weighted by molar-refractivity contribution is 5.97. The van der Waals surface area contributed by atoms with Crippen LogP contribution in [0.15, 0.2) is 18.2 Å². The molecule has 3 heteroatoms.